The summed E-state index contributed by atoms with van der Waals surface area (Å²) in [7, 11) is 0. The zero-order valence-electron chi connectivity index (χ0n) is 12.2. The number of carbonyl (C=O) groups excluding carboxylic acids is 1. The lowest BCUT2D eigenvalue weighted by molar-refractivity contribution is -0.141. The number of rotatable bonds is 5. The summed E-state index contributed by atoms with van der Waals surface area (Å²) in [6, 6.07) is 10.4. The second kappa shape index (κ2) is 6.33. The van der Waals surface area contributed by atoms with Gasteiger partial charge in [-0.2, -0.15) is 0 Å². The van der Waals surface area contributed by atoms with Crippen LogP contribution in [0.25, 0.3) is 0 Å². The number of aliphatic hydroxyl groups is 1. The molecule has 3 heteroatoms. The van der Waals surface area contributed by atoms with E-state index >= 15 is 0 Å². The number of allylic oxidation sites excluding steroid dienone is 2. The van der Waals surface area contributed by atoms with Crippen LogP contribution >= 0.6 is 0 Å². The highest BCUT2D eigenvalue weighted by molar-refractivity contribution is 5.72. The molecule has 1 N–H and O–H groups in total. The lowest BCUT2D eigenvalue weighted by atomic mass is 9.91. The number of hydrogen-bond donors (Lipinski definition) is 1. The zero-order valence-corrected chi connectivity index (χ0v) is 12.2. The van der Waals surface area contributed by atoms with Crippen LogP contribution in [0, 0.1) is 11.8 Å². The highest BCUT2D eigenvalue weighted by Gasteiger charge is 2.46. The van der Waals surface area contributed by atoms with Crippen molar-refractivity contribution in [2.45, 2.75) is 44.6 Å². The van der Waals surface area contributed by atoms with E-state index in [1.807, 2.05) is 12.1 Å². The number of fused-ring (bicyclic) bond motifs is 1. The van der Waals surface area contributed by atoms with Gasteiger partial charge in [0.1, 0.15) is 6.10 Å². The van der Waals surface area contributed by atoms with Gasteiger partial charge < -0.3 is 9.84 Å². The Labute approximate surface area is 125 Å². The van der Waals surface area contributed by atoms with E-state index in [0.29, 0.717) is 12.2 Å². The molecule has 1 unspecified atom stereocenters. The van der Waals surface area contributed by atoms with E-state index in [1.165, 1.54) is 5.56 Å². The first-order chi connectivity index (χ1) is 10.2. The molecule has 1 aliphatic heterocycles. The molecule has 1 aromatic carbocycles. The van der Waals surface area contributed by atoms with Gasteiger partial charge in [0.25, 0.3) is 0 Å². The number of aliphatic hydroxyl groups excluding tert-OH is 1. The van der Waals surface area contributed by atoms with Crippen LogP contribution in [-0.4, -0.2) is 17.2 Å². The average Bonchev–Trinajstić information content (AvgIpc) is 3.03. The van der Waals surface area contributed by atoms with Gasteiger partial charge in [-0.15, -0.1) is 0 Å². The topological polar surface area (TPSA) is 46.5 Å². The molecule has 3 nitrogen and oxygen atoms in total. The van der Waals surface area contributed by atoms with Crippen molar-refractivity contribution in [3.8, 4) is 0 Å². The largest absolute Gasteiger partial charge is 0.512 e. The minimum Gasteiger partial charge on any atom is -0.512 e. The number of esters is 1. The van der Waals surface area contributed by atoms with Gasteiger partial charge in [-0.25, -0.2) is 0 Å². The van der Waals surface area contributed by atoms with Crippen LogP contribution in [0.3, 0.4) is 0 Å². The minimum absolute atomic E-state index is 0.0439. The number of benzene rings is 1. The van der Waals surface area contributed by atoms with E-state index in [-0.39, 0.29) is 23.9 Å². The van der Waals surface area contributed by atoms with Gasteiger partial charge in [0.15, 0.2) is 0 Å². The molecular formula is C18H22O3. The minimum atomic E-state index is -0.105. The van der Waals surface area contributed by atoms with Gasteiger partial charge in [0.05, 0.1) is 12.2 Å². The molecule has 1 saturated heterocycles. The van der Waals surface area contributed by atoms with Gasteiger partial charge >= 0.3 is 5.97 Å². The standard InChI is InChI=1S/C18H22O3/c19-16(9-5-4-8-13-6-2-1-3-7-13)14-10-11-17-15(14)12-18(20)21-17/h1-3,6-7,9,14-15,17,19H,4-5,8,10-12H2/b16-9+/t14-,15-,17?/m0/s1. The number of aryl methyl sites for hydroxylation is 1. The summed E-state index contributed by atoms with van der Waals surface area (Å²) < 4.78 is 5.27. The fraction of sp³-hybridized carbons (Fsp3) is 0.500. The summed E-state index contributed by atoms with van der Waals surface area (Å²) in [6.45, 7) is 0. The molecule has 3 atom stereocenters. The van der Waals surface area contributed by atoms with Crippen LogP contribution in [0.4, 0.5) is 0 Å². The average molecular weight is 286 g/mol. The molecule has 21 heavy (non-hydrogen) atoms. The van der Waals surface area contributed by atoms with Crippen molar-refractivity contribution in [1.29, 1.82) is 0 Å². The van der Waals surface area contributed by atoms with E-state index in [1.54, 1.807) is 0 Å². The molecule has 2 aliphatic rings. The Hall–Kier alpha value is -1.77. The van der Waals surface area contributed by atoms with Crippen molar-refractivity contribution in [2.75, 3.05) is 0 Å². The molecular weight excluding hydrogens is 264 g/mol. The smallest absolute Gasteiger partial charge is 0.306 e. The van der Waals surface area contributed by atoms with Crippen LogP contribution in [0.15, 0.2) is 42.2 Å². The molecule has 0 bridgehead atoms. The molecule has 112 valence electrons. The molecule has 0 spiro atoms. The predicted octanol–water partition coefficient (Wildman–Crippen LogP) is 3.79. The van der Waals surface area contributed by atoms with E-state index < -0.39 is 0 Å². The van der Waals surface area contributed by atoms with Crippen LogP contribution in [0.1, 0.15) is 37.7 Å². The van der Waals surface area contributed by atoms with Crippen molar-refractivity contribution in [2.24, 2.45) is 11.8 Å². The van der Waals surface area contributed by atoms with Gasteiger partial charge in [0.2, 0.25) is 0 Å². The number of unbranched alkanes of at least 4 members (excludes halogenated alkanes) is 1. The molecule has 0 radical (unpaired) electrons. The molecule has 2 fully saturated rings. The number of carbonyl (C=O) groups is 1. The summed E-state index contributed by atoms with van der Waals surface area (Å²) in [5, 5.41) is 10.3. The monoisotopic (exact) mass is 286 g/mol. The molecule has 1 heterocycles. The Bertz CT molecular complexity index is 521. The molecule has 1 aromatic rings. The maximum Gasteiger partial charge on any atom is 0.306 e. The Morgan fingerprint density at radius 1 is 1.29 bits per heavy atom. The molecule has 1 aliphatic carbocycles. The van der Waals surface area contributed by atoms with Crippen molar-refractivity contribution in [3.05, 3.63) is 47.7 Å². The first-order valence-electron chi connectivity index (χ1n) is 7.86. The SMILES string of the molecule is O=C1C[C@@H]2C(CC[C@@H]2/C(O)=C\CCCc2ccccc2)O1. The van der Waals surface area contributed by atoms with E-state index in [2.05, 4.69) is 24.3 Å². The quantitative estimate of drug-likeness (QED) is 0.509. The van der Waals surface area contributed by atoms with Gasteiger partial charge in [-0.05, 0) is 43.7 Å². The Morgan fingerprint density at radius 3 is 2.90 bits per heavy atom. The van der Waals surface area contributed by atoms with E-state index in [4.69, 9.17) is 4.74 Å². The van der Waals surface area contributed by atoms with Crippen LogP contribution < -0.4 is 0 Å². The lowest BCUT2D eigenvalue weighted by Gasteiger charge is -2.15. The van der Waals surface area contributed by atoms with Crippen LogP contribution in [0.2, 0.25) is 0 Å². The molecule has 0 aromatic heterocycles. The number of hydrogen-bond acceptors (Lipinski definition) is 3. The van der Waals surface area contributed by atoms with E-state index in [0.717, 1.165) is 32.1 Å². The molecule has 1 saturated carbocycles. The van der Waals surface area contributed by atoms with Crippen LogP contribution in [-0.2, 0) is 16.0 Å². The third-order valence-electron chi connectivity index (χ3n) is 4.69. The Balaban J connectivity index is 1.49. The maximum absolute atomic E-state index is 11.3. The Kier molecular flexibility index (Phi) is 4.28. The van der Waals surface area contributed by atoms with Crippen molar-refractivity contribution < 1.29 is 14.6 Å². The van der Waals surface area contributed by atoms with Gasteiger partial charge in [-0.3, -0.25) is 4.79 Å². The Morgan fingerprint density at radius 2 is 2.10 bits per heavy atom. The fourth-order valence-corrected chi connectivity index (χ4v) is 3.58. The molecule has 0 amide bonds. The number of ether oxygens (including phenoxy) is 1. The normalized spacial score (nSPS) is 28.5. The third-order valence-corrected chi connectivity index (χ3v) is 4.69. The van der Waals surface area contributed by atoms with Crippen molar-refractivity contribution in [3.63, 3.8) is 0 Å². The summed E-state index contributed by atoms with van der Waals surface area (Å²) in [4.78, 5) is 11.3. The van der Waals surface area contributed by atoms with Crippen LogP contribution in [0.5, 0.6) is 0 Å². The van der Waals surface area contributed by atoms with E-state index in [9.17, 15) is 9.90 Å². The summed E-state index contributed by atoms with van der Waals surface area (Å²) >= 11 is 0. The second-order valence-corrected chi connectivity index (χ2v) is 6.09. The highest BCUT2D eigenvalue weighted by Crippen LogP contribution is 2.43. The van der Waals surface area contributed by atoms with Crippen molar-refractivity contribution in [1.82, 2.24) is 0 Å². The summed E-state index contributed by atoms with van der Waals surface area (Å²) in [5.74, 6) is 0.682. The third kappa shape index (κ3) is 3.29. The zero-order chi connectivity index (χ0) is 14.7. The molecule has 3 rings (SSSR count). The second-order valence-electron chi connectivity index (χ2n) is 6.09. The lowest BCUT2D eigenvalue weighted by Crippen LogP contribution is -2.15. The fourth-order valence-electron chi connectivity index (χ4n) is 3.58. The van der Waals surface area contributed by atoms with Crippen molar-refractivity contribution >= 4 is 5.97 Å². The first-order valence-corrected chi connectivity index (χ1v) is 7.86. The summed E-state index contributed by atoms with van der Waals surface area (Å²) in [6.07, 6.45) is 7.22. The highest BCUT2D eigenvalue weighted by atomic mass is 16.6. The first kappa shape index (κ1) is 14.2. The van der Waals surface area contributed by atoms with Gasteiger partial charge in [-0.1, -0.05) is 30.3 Å². The predicted molar refractivity (Wildman–Crippen MR) is 80.8 cm³/mol. The summed E-state index contributed by atoms with van der Waals surface area (Å²) in [5.41, 5.74) is 1.33. The maximum atomic E-state index is 11.3. The van der Waals surface area contributed by atoms with Gasteiger partial charge in [0, 0.05) is 11.8 Å².